The van der Waals surface area contributed by atoms with Gasteiger partial charge in [0.1, 0.15) is 4.87 Å². The van der Waals surface area contributed by atoms with Crippen molar-refractivity contribution in [2.45, 2.75) is 39.7 Å². The average Bonchev–Trinajstić information content (AvgIpc) is 2.02. The quantitative estimate of drug-likeness (QED) is 0.489. The molecular weight excluding hydrogens is 140 g/mol. The van der Waals surface area contributed by atoms with E-state index in [0.29, 0.717) is 5.92 Å². The van der Waals surface area contributed by atoms with E-state index in [4.69, 9.17) is 0 Å². The molecule has 3 heteroatoms. The molecule has 0 aromatic heterocycles. The molecule has 0 fully saturated rings. The van der Waals surface area contributed by atoms with E-state index in [1.54, 1.807) is 7.05 Å². The Kier molecular flexibility index (Phi) is 4.83. The highest BCUT2D eigenvalue weighted by molar-refractivity contribution is 4.54. The maximum absolute atomic E-state index is 11.0. The first-order chi connectivity index (χ1) is 5.11. The Morgan fingerprint density at radius 3 is 2.36 bits per heavy atom. The van der Waals surface area contributed by atoms with Crippen LogP contribution in [-0.4, -0.2) is 18.0 Å². The highest BCUT2D eigenvalue weighted by Gasteiger charge is 2.20. The lowest BCUT2D eigenvalue weighted by Gasteiger charge is -2.07. The molecule has 0 radical (unpaired) electrons. The van der Waals surface area contributed by atoms with Crippen LogP contribution in [0.5, 0.6) is 0 Å². The summed E-state index contributed by atoms with van der Waals surface area (Å²) in [5.74, 6) is 0.634. The minimum atomic E-state index is 0.0787. The fourth-order valence-corrected chi connectivity index (χ4v) is 1.07. The highest BCUT2D eigenvalue weighted by Crippen LogP contribution is 2.10. The number of hydrogen-bond donors (Lipinski definition) is 1. The Morgan fingerprint density at radius 1 is 1.45 bits per heavy atom. The summed E-state index contributed by atoms with van der Waals surface area (Å²) in [4.78, 5) is 11.9. The molecule has 0 aromatic carbocycles. The first kappa shape index (κ1) is 10.4. The highest BCUT2D eigenvalue weighted by atomic mass is 16.3. The zero-order chi connectivity index (χ0) is 8.85. The van der Waals surface area contributed by atoms with Crippen LogP contribution in [0.15, 0.2) is 0 Å². The predicted octanol–water partition coefficient (Wildman–Crippen LogP) is 1.72. The lowest BCUT2D eigenvalue weighted by Crippen LogP contribution is -2.31. The summed E-state index contributed by atoms with van der Waals surface area (Å²) in [7, 11) is 1.65. The first-order valence-electron chi connectivity index (χ1n) is 4.25. The summed E-state index contributed by atoms with van der Waals surface area (Å²) in [6.45, 7) is 6.25. The van der Waals surface area contributed by atoms with Gasteiger partial charge in [-0.2, -0.15) is 5.43 Å². The molecule has 11 heavy (non-hydrogen) atoms. The molecule has 0 saturated carbocycles. The molecule has 0 aliphatic heterocycles. The van der Waals surface area contributed by atoms with Crippen LogP contribution >= 0.6 is 0 Å². The molecule has 3 nitrogen and oxygen atoms in total. The van der Waals surface area contributed by atoms with Gasteiger partial charge < -0.3 is 0 Å². The van der Waals surface area contributed by atoms with E-state index in [1.165, 1.54) is 0 Å². The molecule has 0 spiro atoms. The van der Waals surface area contributed by atoms with Crippen LogP contribution in [0.1, 0.15) is 33.6 Å². The first-order valence-corrected chi connectivity index (χ1v) is 4.25. The predicted molar refractivity (Wildman–Crippen MR) is 46.2 cm³/mol. The number of nitrogens with zero attached hydrogens (tertiary/aromatic N) is 1. The maximum Gasteiger partial charge on any atom is 0.231 e. The van der Waals surface area contributed by atoms with Crippen molar-refractivity contribution in [3.8, 4) is 0 Å². The third kappa shape index (κ3) is 3.96. The molecule has 0 rings (SSSR count). The maximum atomic E-state index is 11.0. The number of rotatable bonds is 5. The molecule has 2 atom stereocenters. The van der Waals surface area contributed by atoms with Crippen molar-refractivity contribution in [2.24, 2.45) is 5.92 Å². The van der Waals surface area contributed by atoms with Gasteiger partial charge in [-0.15, -0.1) is 0 Å². The number of nitrogens with one attached hydrogen (secondary N) is 1. The fourth-order valence-electron chi connectivity index (χ4n) is 1.07. The third-order valence-corrected chi connectivity index (χ3v) is 2.06. The lowest BCUT2D eigenvalue weighted by molar-refractivity contribution is -0.635. The molecule has 2 unspecified atom stereocenters. The van der Waals surface area contributed by atoms with Gasteiger partial charge in [0.2, 0.25) is 6.04 Å². The van der Waals surface area contributed by atoms with E-state index in [1.807, 2.05) is 6.92 Å². The molecule has 1 N–H and O–H groups in total. The van der Waals surface area contributed by atoms with Gasteiger partial charge >= 0.3 is 0 Å². The zero-order valence-electron chi connectivity index (χ0n) is 7.92. The molecule has 0 heterocycles. The Morgan fingerprint density at radius 2 is 2.00 bits per heavy atom. The fraction of sp³-hybridized carbons (Fsp3) is 1.00. The van der Waals surface area contributed by atoms with Gasteiger partial charge in [0.15, 0.2) is 0 Å². The van der Waals surface area contributed by atoms with Gasteiger partial charge in [-0.3, -0.25) is 0 Å². The van der Waals surface area contributed by atoms with Crippen molar-refractivity contribution in [3.63, 3.8) is 0 Å². The number of hydrogen-bond acceptors (Lipinski definition) is 1. The number of hydrazine groups is 1. The topological polar surface area (TPSA) is 32.1 Å². The molecule has 0 saturated heterocycles. The average molecular weight is 159 g/mol. The molecule has 66 valence electrons. The Bertz CT molecular complexity index is 125. The van der Waals surface area contributed by atoms with Crippen molar-refractivity contribution in [1.29, 1.82) is 0 Å². The SMILES string of the molecule is CCC(C)CC(C)[N+](=O)NC. The molecular formula is C8H19N2O+. The van der Waals surface area contributed by atoms with E-state index in [0.717, 1.165) is 17.7 Å². The molecule has 0 aliphatic rings. The van der Waals surface area contributed by atoms with E-state index in [9.17, 15) is 4.91 Å². The second kappa shape index (κ2) is 5.10. The largest absolute Gasteiger partial charge is 0.231 e. The van der Waals surface area contributed by atoms with Crippen LogP contribution in [0.25, 0.3) is 0 Å². The second-order valence-electron chi connectivity index (χ2n) is 3.15. The zero-order valence-corrected chi connectivity index (χ0v) is 7.92. The van der Waals surface area contributed by atoms with Crippen LogP contribution < -0.4 is 5.43 Å². The van der Waals surface area contributed by atoms with Crippen LogP contribution in [0.3, 0.4) is 0 Å². The van der Waals surface area contributed by atoms with E-state index in [-0.39, 0.29) is 6.04 Å². The molecule has 0 aromatic rings. The smallest absolute Gasteiger partial charge is 0.156 e. The normalized spacial score (nSPS) is 15.6. The van der Waals surface area contributed by atoms with E-state index in [2.05, 4.69) is 19.3 Å². The van der Waals surface area contributed by atoms with Gasteiger partial charge in [-0.1, -0.05) is 20.3 Å². The number of nitroso groups, excluding NO2 is 1. The van der Waals surface area contributed by atoms with Crippen LogP contribution in [0.4, 0.5) is 0 Å². The summed E-state index contributed by atoms with van der Waals surface area (Å²) in [5.41, 5.74) is 2.57. The van der Waals surface area contributed by atoms with E-state index < -0.39 is 0 Å². The van der Waals surface area contributed by atoms with E-state index >= 15 is 0 Å². The van der Waals surface area contributed by atoms with Gasteiger partial charge in [-0.05, 0) is 5.92 Å². The van der Waals surface area contributed by atoms with Crippen molar-refractivity contribution in [3.05, 3.63) is 4.91 Å². The minimum Gasteiger partial charge on any atom is -0.156 e. The molecule has 0 amide bonds. The third-order valence-electron chi connectivity index (χ3n) is 2.06. The Labute approximate surface area is 68.7 Å². The van der Waals surface area contributed by atoms with Crippen LogP contribution in [0.2, 0.25) is 0 Å². The van der Waals surface area contributed by atoms with Crippen molar-refractivity contribution < 1.29 is 4.87 Å². The summed E-state index contributed by atoms with van der Waals surface area (Å²) in [6, 6.07) is 0.0787. The van der Waals surface area contributed by atoms with Gasteiger partial charge in [0.25, 0.3) is 0 Å². The standard InChI is InChI=1S/C8H19N2O/c1-5-7(2)6-8(3)10(11)9-4/h7-8H,5-6H2,1-4H3,(H,9,11)/q+1. The minimum absolute atomic E-state index is 0.0787. The van der Waals surface area contributed by atoms with Gasteiger partial charge in [0, 0.05) is 13.3 Å². The molecule has 0 bridgehead atoms. The van der Waals surface area contributed by atoms with Gasteiger partial charge in [-0.25, -0.2) is 0 Å². The Hall–Kier alpha value is -0.600. The Balaban J connectivity index is 3.67. The van der Waals surface area contributed by atoms with Crippen molar-refractivity contribution in [1.82, 2.24) is 5.43 Å². The van der Waals surface area contributed by atoms with Crippen molar-refractivity contribution >= 4 is 0 Å². The monoisotopic (exact) mass is 159 g/mol. The van der Waals surface area contributed by atoms with Crippen LogP contribution in [-0.2, 0) is 0 Å². The summed E-state index contributed by atoms with van der Waals surface area (Å²) in [5, 5.41) is 0. The lowest BCUT2D eigenvalue weighted by atomic mass is 10.0. The van der Waals surface area contributed by atoms with Crippen LogP contribution in [0, 0.1) is 10.8 Å². The summed E-state index contributed by atoms with van der Waals surface area (Å²) in [6.07, 6.45) is 2.10. The summed E-state index contributed by atoms with van der Waals surface area (Å²) >= 11 is 0. The van der Waals surface area contributed by atoms with Crippen molar-refractivity contribution in [2.75, 3.05) is 7.05 Å². The second-order valence-corrected chi connectivity index (χ2v) is 3.15. The van der Waals surface area contributed by atoms with Gasteiger partial charge in [0.05, 0.1) is 12.0 Å². The summed E-state index contributed by atoms with van der Waals surface area (Å²) < 4.78 is 0. The molecule has 0 aliphatic carbocycles.